The van der Waals surface area contributed by atoms with Gasteiger partial charge in [0.05, 0.1) is 11.0 Å². The van der Waals surface area contributed by atoms with E-state index in [1.54, 1.807) is 11.3 Å². The predicted octanol–water partition coefficient (Wildman–Crippen LogP) is 6.45. The van der Waals surface area contributed by atoms with Crippen molar-refractivity contribution in [1.29, 1.82) is 0 Å². The van der Waals surface area contributed by atoms with Gasteiger partial charge < -0.3 is 15.0 Å². The largest absolute Gasteiger partial charge is 0.481 e. The van der Waals surface area contributed by atoms with Crippen LogP contribution in [0.5, 0.6) is 0 Å². The van der Waals surface area contributed by atoms with Gasteiger partial charge in [-0.05, 0) is 54.8 Å². The van der Waals surface area contributed by atoms with Gasteiger partial charge in [-0.1, -0.05) is 46.6 Å². The minimum Gasteiger partial charge on any atom is -0.481 e. The van der Waals surface area contributed by atoms with Gasteiger partial charge in [0, 0.05) is 35.4 Å². The number of carbonyl (C=O) groups is 2. The normalized spacial score (nSPS) is 12.5. The summed E-state index contributed by atoms with van der Waals surface area (Å²) in [6.45, 7) is 8.57. The highest BCUT2D eigenvalue weighted by molar-refractivity contribution is 7.09. The summed E-state index contributed by atoms with van der Waals surface area (Å²) >= 11 is 1.73. The maximum Gasteiger partial charge on any atom is 0.303 e. The van der Waals surface area contributed by atoms with Gasteiger partial charge in [-0.15, -0.1) is 11.3 Å². The van der Waals surface area contributed by atoms with Crippen LogP contribution in [0, 0.1) is 5.92 Å². The van der Waals surface area contributed by atoms with Crippen LogP contribution >= 0.6 is 11.3 Å². The third-order valence-electron chi connectivity index (χ3n) is 6.85. The molecule has 0 fully saturated rings. The topological polar surface area (TPSA) is 84.2 Å². The number of rotatable bonds is 13. The Balaban J connectivity index is 1.92. The molecule has 0 aliphatic rings. The molecule has 0 spiro atoms. The summed E-state index contributed by atoms with van der Waals surface area (Å²) in [5.74, 6) is 0.275. The van der Waals surface area contributed by atoms with Crippen molar-refractivity contribution in [2.45, 2.75) is 84.7 Å². The molecule has 0 saturated heterocycles. The first-order valence-electron chi connectivity index (χ1n) is 12.5. The SMILES string of the molecule is CCC(CC)C(CCC(=O)O)NC(=O)c1ccc2c(c1)nc(Cc1cccs1)n2C(CC)CC. The van der Waals surface area contributed by atoms with E-state index < -0.39 is 5.97 Å². The summed E-state index contributed by atoms with van der Waals surface area (Å²) in [4.78, 5) is 30.6. The number of thiophene rings is 1. The molecule has 2 aromatic heterocycles. The minimum absolute atomic E-state index is 0.0480. The first-order chi connectivity index (χ1) is 16.4. The first-order valence-corrected chi connectivity index (χ1v) is 13.3. The number of fused-ring (bicyclic) bond motifs is 1. The van der Waals surface area contributed by atoms with Gasteiger partial charge in [-0.25, -0.2) is 4.98 Å². The number of carbonyl (C=O) groups excluding carboxylic acids is 1. The maximum absolute atomic E-state index is 13.2. The lowest BCUT2D eigenvalue weighted by atomic mass is 9.90. The van der Waals surface area contributed by atoms with Gasteiger partial charge in [0.25, 0.3) is 5.91 Å². The van der Waals surface area contributed by atoms with Gasteiger partial charge in [-0.3, -0.25) is 9.59 Å². The van der Waals surface area contributed by atoms with Gasteiger partial charge in [0.1, 0.15) is 5.82 Å². The maximum atomic E-state index is 13.2. The van der Waals surface area contributed by atoms with E-state index in [0.717, 1.165) is 49.0 Å². The van der Waals surface area contributed by atoms with Crippen LogP contribution in [0.3, 0.4) is 0 Å². The fraction of sp³-hybridized carbons (Fsp3) is 0.519. The lowest BCUT2D eigenvalue weighted by Gasteiger charge is -2.26. The number of hydrogen-bond acceptors (Lipinski definition) is 4. The Morgan fingerprint density at radius 3 is 2.41 bits per heavy atom. The van der Waals surface area contributed by atoms with Crippen LogP contribution in [0.15, 0.2) is 35.7 Å². The third-order valence-corrected chi connectivity index (χ3v) is 7.72. The summed E-state index contributed by atoms with van der Waals surface area (Å²) in [6, 6.07) is 10.1. The van der Waals surface area contributed by atoms with Gasteiger partial charge in [-0.2, -0.15) is 0 Å². The average Bonchev–Trinajstić information content (AvgIpc) is 3.46. The zero-order valence-electron chi connectivity index (χ0n) is 20.7. The highest BCUT2D eigenvalue weighted by Gasteiger charge is 2.23. The molecule has 1 aromatic carbocycles. The number of benzene rings is 1. The van der Waals surface area contributed by atoms with Crippen LogP contribution in [0.2, 0.25) is 0 Å². The average molecular weight is 484 g/mol. The molecule has 0 bridgehead atoms. The fourth-order valence-electron chi connectivity index (χ4n) is 4.86. The number of amides is 1. The number of carboxylic acids is 1. The predicted molar refractivity (Wildman–Crippen MR) is 139 cm³/mol. The Kier molecular flexibility index (Phi) is 9.28. The van der Waals surface area contributed by atoms with E-state index >= 15 is 0 Å². The van der Waals surface area contributed by atoms with Crippen LogP contribution in [-0.4, -0.2) is 32.6 Å². The second-order valence-electron chi connectivity index (χ2n) is 8.92. The lowest BCUT2D eigenvalue weighted by Crippen LogP contribution is -2.40. The number of imidazole rings is 1. The molecule has 0 aliphatic heterocycles. The zero-order valence-corrected chi connectivity index (χ0v) is 21.5. The van der Waals surface area contributed by atoms with E-state index in [-0.39, 0.29) is 24.3 Å². The zero-order chi connectivity index (χ0) is 24.7. The molecule has 1 unspecified atom stereocenters. The van der Waals surface area contributed by atoms with E-state index in [2.05, 4.69) is 55.1 Å². The Hall–Kier alpha value is -2.67. The summed E-state index contributed by atoms with van der Waals surface area (Å²) in [6.07, 6.45) is 5.08. The molecule has 3 aromatic rings. The van der Waals surface area contributed by atoms with Crippen LogP contribution in [-0.2, 0) is 11.2 Å². The van der Waals surface area contributed by atoms with E-state index in [1.165, 1.54) is 4.88 Å². The Morgan fingerprint density at radius 1 is 1.09 bits per heavy atom. The highest BCUT2D eigenvalue weighted by atomic mass is 32.1. The molecule has 2 N–H and O–H groups in total. The summed E-state index contributed by atoms with van der Waals surface area (Å²) in [7, 11) is 0. The standard InChI is InChI=1S/C27H37N3O3S/c1-5-18(6-2)22(12-14-26(31)32)29-27(33)19-11-13-24-23(16-19)28-25(17-21-10-9-15-34-21)30(24)20(7-3)8-4/h9-11,13,15-16,18,20,22H,5-8,12,14,17H2,1-4H3,(H,29,33)(H,31,32). The van der Waals surface area contributed by atoms with Gasteiger partial charge in [0.15, 0.2) is 0 Å². The van der Waals surface area contributed by atoms with Gasteiger partial charge >= 0.3 is 5.97 Å². The van der Waals surface area contributed by atoms with Crippen molar-refractivity contribution in [3.63, 3.8) is 0 Å². The molecular weight excluding hydrogens is 446 g/mol. The molecule has 0 aliphatic carbocycles. The van der Waals surface area contributed by atoms with Crippen molar-refractivity contribution in [3.8, 4) is 0 Å². The van der Waals surface area contributed by atoms with Crippen molar-refractivity contribution < 1.29 is 14.7 Å². The number of hydrogen-bond donors (Lipinski definition) is 2. The first kappa shape index (κ1) is 25.9. The van der Waals surface area contributed by atoms with Gasteiger partial charge in [0.2, 0.25) is 0 Å². The Morgan fingerprint density at radius 2 is 1.82 bits per heavy atom. The Labute approximate surface area is 206 Å². The number of aromatic nitrogens is 2. The number of carboxylic acid groups (broad SMARTS) is 1. The second-order valence-corrected chi connectivity index (χ2v) is 9.95. The second kappa shape index (κ2) is 12.2. The van der Waals surface area contributed by atoms with E-state index in [0.29, 0.717) is 18.0 Å². The summed E-state index contributed by atoms with van der Waals surface area (Å²) in [5.41, 5.74) is 2.45. The van der Waals surface area contributed by atoms with E-state index in [4.69, 9.17) is 10.1 Å². The van der Waals surface area contributed by atoms with E-state index in [1.807, 2.05) is 18.2 Å². The summed E-state index contributed by atoms with van der Waals surface area (Å²) in [5, 5.41) is 14.4. The molecule has 34 heavy (non-hydrogen) atoms. The molecule has 0 radical (unpaired) electrons. The smallest absolute Gasteiger partial charge is 0.303 e. The molecule has 0 saturated carbocycles. The molecule has 6 nitrogen and oxygen atoms in total. The van der Waals surface area contributed by atoms with Crippen LogP contribution in [0.25, 0.3) is 11.0 Å². The molecule has 2 heterocycles. The molecule has 1 amide bonds. The monoisotopic (exact) mass is 483 g/mol. The van der Waals surface area contributed by atoms with Crippen molar-refractivity contribution in [2.24, 2.45) is 5.92 Å². The summed E-state index contributed by atoms with van der Waals surface area (Å²) < 4.78 is 2.34. The van der Waals surface area contributed by atoms with Crippen molar-refractivity contribution in [2.75, 3.05) is 0 Å². The lowest BCUT2D eigenvalue weighted by molar-refractivity contribution is -0.137. The minimum atomic E-state index is -0.836. The van der Waals surface area contributed by atoms with Crippen molar-refractivity contribution in [1.82, 2.24) is 14.9 Å². The quantitative estimate of drug-likeness (QED) is 0.293. The van der Waals surface area contributed by atoms with Crippen LogP contribution < -0.4 is 5.32 Å². The number of aliphatic carboxylic acids is 1. The highest BCUT2D eigenvalue weighted by Crippen LogP contribution is 2.28. The molecular formula is C27H37N3O3S. The van der Waals surface area contributed by atoms with Crippen LogP contribution in [0.4, 0.5) is 0 Å². The van der Waals surface area contributed by atoms with Crippen LogP contribution in [0.1, 0.15) is 93.3 Å². The molecule has 3 rings (SSSR count). The van der Waals surface area contributed by atoms with E-state index in [9.17, 15) is 9.59 Å². The molecule has 184 valence electrons. The number of nitrogens with zero attached hydrogens (tertiary/aromatic N) is 2. The van der Waals surface area contributed by atoms with Crippen molar-refractivity contribution in [3.05, 3.63) is 52.0 Å². The third kappa shape index (κ3) is 6.06. The molecule has 1 atom stereocenters. The number of nitrogens with one attached hydrogen (secondary N) is 1. The Bertz CT molecular complexity index is 1080. The fourth-order valence-corrected chi connectivity index (χ4v) is 5.56. The van der Waals surface area contributed by atoms with Crippen molar-refractivity contribution >= 4 is 34.2 Å². The molecule has 7 heteroatoms.